The van der Waals surface area contributed by atoms with Gasteiger partial charge in [0.1, 0.15) is 4.90 Å². The maximum atomic E-state index is 12.2. The zero-order valence-electron chi connectivity index (χ0n) is 11.8. The van der Waals surface area contributed by atoms with Gasteiger partial charge in [0.05, 0.1) is 5.69 Å². The highest BCUT2D eigenvalue weighted by molar-refractivity contribution is 8.15. The molecule has 0 aromatic heterocycles. The number of nitrogens with zero attached hydrogens (tertiary/aromatic N) is 1. The summed E-state index contributed by atoms with van der Waals surface area (Å²) >= 11 is 1.34. The highest BCUT2D eigenvalue weighted by Gasteiger charge is 2.25. The lowest BCUT2D eigenvalue weighted by atomic mass is 10.0. The summed E-state index contributed by atoms with van der Waals surface area (Å²) < 4.78 is 28.3. The minimum absolute atomic E-state index is 0.253. The first kappa shape index (κ1) is 15.1. The van der Waals surface area contributed by atoms with E-state index in [-0.39, 0.29) is 10.8 Å². The Balaban J connectivity index is 2.37. The number of hydrogen-bond donors (Lipinski definition) is 1. The smallest absolute Gasteiger partial charge is 0.286 e. The van der Waals surface area contributed by atoms with E-state index in [4.69, 9.17) is 0 Å². The summed E-state index contributed by atoms with van der Waals surface area (Å²) in [6.07, 6.45) is 0. The first-order valence-corrected chi connectivity index (χ1v) is 8.75. The predicted octanol–water partition coefficient (Wildman–Crippen LogP) is 3.59. The summed E-state index contributed by atoms with van der Waals surface area (Å²) in [4.78, 5) is 0.253. The van der Waals surface area contributed by atoms with Crippen LogP contribution in [0.5, 0.6) is 0 Å². The second-order valence-corrected chi connectivity index (χ2v) is 7.69. The maximum absolute atomic E-state index is 12.2. The van der Waals surface area contributed by atoms with Crippen molar-refractivity contribution in [3.8, 4) is 0 Å². The van der Waals surface area contributed by atoms with Gasteiger partial charge in [0, 0.05) is 5.75 Å². The van der Waals surface area contributed by atoms with Gasteiger partial charge in [-0.1, -0.05) is 43.8 Å². The molecule has 1 N–H and O–H groups in total. The lowest BCUT2D eigenvalue weighted by Crippen LogP contribution is -2.19. The predicted molar refractivity (Wildman–Crippen MR) is 86.0 cm³/mol. The van der Waals surface area contributed by atoms with Crippen LogP contribution in [0.3, 0.4) is 0 Å². The minimum Gasteiger partial charge on any atom is -0.333 e. The fourth-order valence-corrected chi connectivity index (χ4v) is 3.88. The van der Waals surface area contributed by atoms with Gasteiger partial charge >= 0.3 is 0 Å². The summed E-state index contributed by atoms with van der Waals surface area (Å²) in [7, 11) is -3.62. The third kappa shape index (κ3) is 3.24. The summed E-state index contributed by atoms with van der Waals surface area (Å²) in [5.74, 6) is 0.916. The molecule has 0 spiro atoms. The van der Waals surface area contributed by atoms with Crippen LogP contribution in [-0.4, -0.2) is 19.3 Å². The highest BCUT2D eigenvalue weighted by atomic mass is 32.2. The van der Waals surface area contributed by atoms with Crippen molar-refractivity contribution in [2.45, 2.75) is 31.6 Å². The van der Waals surface area contributed by atoms with Crippen molar-refractivity contribution in [2.24, 2.45) is 4.40 Å². The van der Waals surface area contributed by atoms with Crippen molar-refractivity contribution in [1.82, 2.24) is 0 Å². The Hall–Kier alpha value is -1.27. The number of benzene rings is 1. The van der Waals surface area contributed by atoms with E-state index in [1.807, 2.05) is 26.8 Å². The fourth-order valence-electron chi connectivity index (χ4n) is 1.77. The van der Waals surface area contributed by atoms with E-state index in [1.165, 1.54) is 11.8 Å². The van der Waals surface area contributed by atoms with Crippen molar-refractivity contribution in [2.75, 3.05) is 11.1 Å². The Morgan fingerprint density at radius 3 is 2.75 bits per heavy atom. The standard InChI is InChI=1S/C14H18N2O2S2/c1-9(2)8-19-14-15-12-6-5-11(10(3)4)7-13(12)20(17,18)16-14/h5-7,10H,1,8H2,2-4H3,(H,15,16). The number of anilines is 1. The molecule has 1 heterocycles. The Morgan fingerprint density at radius 1 is 1.45 bits per heavy atom. The SMILES string of the molecule is C=C(C)CSC1=NS(=O)(=O)c2cc(C(C)C)ccc2N1. The van der Waals surface area contributed by atoms with Crippen molar-refractivity contribution in [3.05, 3.63) is 35.9 Å². The molecule has 20 heavy (non-hydrogen) atoms. The van der Waals surface area contributed by atoms with Crippen LogP contribution >= 0.6 is 11.8 Å². The summed E-state index contributed by atoms with van der Waals surface area (Å²) in [5.41, 5.74) is 2.55. The van der Waals surface area contributed by atoms with Gasteiger partial charge in [-0.15, -0.1) is 4.40 Å². The molecule has 6 heteroatoms. The van der Waals surface area contributed by atoms with Gasteiger partial charge in [-0.25, -0.2) is 0 Å². The number of amidine groups is 1. The van der Waals surface area contributed by atoms with Crippen LogP contribution in [0.25, 0.3) is 0 Å². The van der Waals surface area contributed by atoms with E-state index in [1.54, 1.807) is 12.1 Å². The third-order valence-corrected chi connectivity index (χ3v) is 5.39. The number of rotatable bonds is 3. The van der Waals surface area contributed by atoms with Crippen molar-refractivity contribution in [1.29, 1.82) is 0 Å². The third-order valence-electron chi connectivity index (χ3n) is 2.85. The van der Waals surface area contributed by atoms with Crippen molar-refractivity contribution in [3.63, 3.8) is 0 Å². The van der Waals surface area contributed by atoms with Gasteiger partial charge in [-0.3, -0.25) is 0 Å². The molecule has 1 aromatic carbocycles. The molecule has 2 rings (SSSR count). The maximum Gasteiger partial charge on any atom is 0.286 e. The molecule has 0 atom stereocenters. The number of fused-ring (bicyclic) bond motifs is 1. The molecule has 4 nitrogen and oxygen atoms in total. The highest BCUT2D eigenvalue weighted by Crippen LogP contribution is 2.32. The molecule has 0 aliphatic carbocycles. The molecule has 1 aliphatic heterocycles. The average molecular weight is 310 g/mol. The molecule has 1 aromatic rings. The molecule has 0 amide bonds. The second kappa shape index (κ2) is 5.61. The zero-order valence-corrected chi connectivity index (χ0v) is 13.4. The second-order valence-electron chi connectivity index (χ2n) is 5.15. The van der Waals surface area contributed by atoms with Gasteiger partial charge in [-0.05, 0) is 30.5 Å². The van der Waals surface area contributed by atoms with E-state index >= 15 is 0 Å². The number of thioether (sulfide) groups is 1. The zero-order chi connectivity index (χ0) is 14.9. The van der Waals surface area contributed by atoms with Gasteiger partial charge in [0.15, 0.2) is 5.17 Å². The largest absolute Gasteiger partial charge is 0.333 e. The topological polar surface area (TPSA) is 58.5 Å². The first-order chi connectivity index (χ1) is 9.29. The Bertz CT molecular complexity index is 676. The lowest BCUT2D eigenvalue weighted by molar-refractivity contribution is 0.597. The van der Waals surface area contributed by atoms with Crippen LogP contribution in [-0.2, 0) is 10.0 Å². The molecule has 0 fully saturated rings. The van der Waals surface area contributed by atoms with Crippen LogP contribution in [0.1, 0.15) is 32.3 Å². The van der Waals surface area contributed by atoms with Crippen molar-refractivity contribution < 1.29 is 8.42 Å². The van der Waals surface area contributed by atoms with Gasteiger partial charge in [0.2, 0.25) is 0 Å². The number of nitrogens with one attached hydrogen (secondary N) is 1. The van der Waals surface area contributed by atoms with E-state index in [2.05, 4.69) is 16.3 Å². The normalized spacial score (nSPS) is 16.3. The first-order valence-electron chi connectivity index (χ1n) is 6.32. The molecule has 0 saturated heterocycles. The van der Waals surface area contributed by atoms with E-state index in [9.17, 15) is 8.42 Å². The number of sulfonamides is 1. The lowest BCUT2D eigenvalue weighted by Gasteiger charge is -2.19. The van der Waals surface area contributed by atoms with Crippen LogP contribution < -0.4 is 5.32 Å². The molecule has 0 radical (unpaired) electrons. The molecule has 108 valence electrons. The molecule has 0 saturated carbocycles. The minimum atomic E-state index is -3.62. The van der Waals surface area contributed by atoms with Gasteiger partial charge < -0.3 is 5.32 Å². The summed E-state index contributed by atoms with van der Waals surface area (Å²) in [6, 6.07) is 5.45. The number of hydrogen-bond acceptors (Lipinski definition) is 4. The quantitative estimate of drug-likeness (QED) is 0.867. The molecule has 0 unspecified atom stereocenters. The van der Waals surface area contributed by atoms with Crippen LogP contribution in [0, 0.1) is 0 Å². The Labute approximate surface area is 124 Å². The van der Waals surface area contributed by atoms with Crippen LogP contribution in [0.2, 0.25) is 0 Å². The molecule has 1 aliphatic rings. The summed E-state index contributed by atoms with van der Waals surface area (Å²) in [6.45, 7) is 9.75. The molecular weight excluding hydrogens is 292 g/mol. The van der Waals surface area contributed by atoms with Crippen LogP contribution in [0.15, 0.2) is 39.6 Å². The average Bonchev–Trinajstić information content (AvgIpc) is 2.35. The van der Waals surface area contributed by atoms with E-state index in [0.717, 1.165) is 11.1 Å². The van der Waals surface area contributed by atoms with Crippen molar-refractivity contribution >= 4 is 32.6 Å². The van der Waals surface area contributed by atoms with Gasteiger partial charge in [0.25, 0.3) is 10.0 Å². The molecular formula is C14H18N2O2S2. The van der Waals surface area contributed by atoms with Crippen LogP contribution in [0.4, 0.5) is 5.69 Å². The van der Waals surface area contributed by atoms with E-state index in [0.29, 0.717) is 16.6 Å². The monoisotopic (exact) mass is 310 g/mol. The summed E-state index contributed by atoms with van der Waals surface area (Å²) in [5, 5.41) is 3.47. The fraction of sp³-hybridized carbons (Fsp3) is 0.357. The van der Waals surface area contributed by atoms with E-state index < -0.39 is 10.0 Å². The van der Waals surface area contributed by atoms with Gasteiger partial charge in [-0.2, -0.15) is 8.42 Å². The Morgan fingerprint density at radius 2 is 2.15 bits per heavy atom. The Kier molecular flexibility index (Phi) is 4.25. The molecule has 0 bridgehead atoms.